The van der Waals surface area contributed by atoms with Gasteiger partial charge in [-0.2, -0.15) is 0 Å². The summed E-state index contributed by atoms with van der Waals surface area (Å²) in [6, 6.07) is -0.705. The van der Waals surface area contributed by atoms with Crippen LogP contribution in [0.15, 0.2) is 0 Å². The number of hydrogen-bond acceptors (Lipinski definition) is 4. The largest absolute Gasteiger partial charge is 0.394 e. The van der Waals surface area contributed by atoms with E-state index in [9.17, 15) is 20.1 Å². The fourth-order valence-corrected chi connectivity index (χ4v) is 7.90. The van der Waals surface area contributed by atoms with Gasteiger partial charge in [-0.3, -0.25) is 4.79 Å². The minimum atomic E-state index is -1.07. The quantitative estimate of drug-likeness (QED) is 0.0466. The highest BCUT2D eigenvalue weighted by atomic mass is 16.3. The van der Waals surface area contributed by atoms with Crippen molar-refractivity contribution >= 4 is 5.91 Å². The molecule has 3 atom stereocenters. The van der Waals surface area contributed by atoms with Crippen LogP contribution in [0, 0.1) is 0 Å². The predicted octanol–water partition coefficient (Wildman–Crippen LogP) is 14.2. The van der Waals surface area contributed by atoms with Crippen molar-refractivity contribution in [3.63, 3.8) is 0 Å². The van der Waals surface area contributed by atoms with Crippen molar-refractivity contribution in [1.29, 1.82) is 0 Å². The highest BCUT2D eigenvalue weighted by Crippen LogP contribution is 2.18. The van der Waals surface area contributed by atoms with Gasteiger partial charge >= 0.3 is 0 Å². The van der Waals surface area contributed by atoms with E-state index in [1.807, 2.05) is 0 Å². The maximum atomic E-state index is 12.5. The van der Waals surface area contributed by atoms with Crippen molar-refractivity contribution in [3.8, 4) is 0 Å². The van der Waals surface area contributed by atoms with E-state index >= 15 is 0 Å². The van der Waals surface area contributed by atoms with E-state index in [0.29, 0.717) is 12.8 Å². The van der Waals surface area contributed by atoms with Crippen LogP contribution in [0.2, 0.25) is 0 Å². The van der Waals surface area contributed by atoms with Crippen LogP contribution in [0.4, 0.5) is 0 Å². The van der Waals surface area contributed by atoms with E-state index in [0.717, 1.165) is 32.1 Å². The topological polar surface area (TPSA) is 89.8 Å². The second kappa shape index (κ2) is 44.1. The van der Waals surface area contributed by atoms with Crippen molar-refractivity contribution in [2.75, 3.05) is 6.61 Å². The Labute approximate surface area is 332 Å². The Hall–Kier alpha value is -0.650. The molecule has 0 fully saturated rings. The zero-order valence-electron chi connectivity index (χ0n) is 36.2. The number of hydrogen-bond donors (Lipinski definition) is 4. The number of aliphatic hydroxyl groups is 3. The van der Waals surface area contributed by atoms with Crippen molar-refractivity contribution in [2.24, 2.45) is 0 Å². The van der Waals surface area contributed by atoms with E-state index in [4.69, 9.17) is 0 Å². The SMILES string of the molecule is CCCCCCCCCCCCCCCCCCCCCCCCCCCCCC(O)C(=O)NC(CO)C(O)CCCCCCCCCCCCCC. The van der Waals surface area contributed by atoms with E-state index in [1.165, 1.54) is 218 Å². The Morgan fingerprint density at radius 2 is 0.604 bits per heavy atom. The molecular weight excluding hydrogens is 655 g/mol. The molecule has 5 nitrogen and oxygen atoms in total. The molecule has 1 amide bonds. The minimum absolute atomic E-state index is 0.308. The van der Waals surface area contributed by atoms with Gasteiger partial charge in [0.05, 0.1) is 18.8 Å². The second-order valence-electron chi connectivity index (χ2n) is 17.0. The summed E-state index contributed by atoms with van der Waals surface area (Å²) in [7, 11) is 0. The van der Waals surface area contributed by atoms with Crippen LogP contribution in [0.1, 0.15) is 277 Å². The van der Waals surface area contributed by atoms with E-state index in [1.54, 1.807) is 0 Å². The van der Waals surface area contributed by atoms with Gasteiger partial charge in [0.1, 0.15) is 6.10 Å². The smallest absolute Gasteiger partial charge is 0.249 e. The summed E-state index contributed by atoms with van der Waals surface area (Å²) >= 11 is 0. The molecule has 318 valence electrons. The fourth-order valence-electron chi connectivity index (χ4n) is 7.90. The third kappa shape index (κ3) is 39.4. The third-order valence-electron chi connectivity index (χ3n) is 11.7. The first-order valence-electron chi connectivity index (χ1n) is 24.3. The van der Waals surface area contributed by atoms with Crippen LogP contribution in [0.5, 0.6) is 0 Å². The van der Waals surface area contributed by atoms with Gasteiger partial charge in [-0.1, -0.05) is 264 Å². The number of rotatable bonds is 45. The van der Waals surface area contributed by atoms with Gasteiger partial charge < -0.3 is 20.6 Å². The van der Waals surface area contributed by atoms with Gasteiger partial charge in [0.15, 0.2) is 0 Å². The molecule has 0 aromatic carbocycles. The van der Waals surface area contributed by atoms with Crippen molar-refractivity contribution < 1.29 is 20.1 Å². The lowest BCUT2D eigenvalue weighted by Gasteiger charge is -2.23. The number of carbonyl (C=O) groups excluding carboxylic acids is 1. The average molecular weight is 752 g/mol. The first kappa shape index (κ1) is 52.3. The Morgan fingerprint density at radius 3 is 0.849 bits per heavy atom. The summed E-state index contributed by atoms with van der Waals surface area (Å²) in [6.07, 6.45) is 51.3. The van der Waals surface area contributed by atoms with Crippen LogP contribution in [-0.2, 0) is 4.79 Å². The molecule has 0 saturated carbocycles. The highest BCUT2D eigenvalue weighted by Gasteiger charge is 2.23. The highest BCUT2D eigenvalue weighted by molar-refractivity contribution is 5.80. The average Bonchev–Trinajstić information content (AvgIpc) is 3.16. The summed E-state index contributed by atoms with van der Waals surface area (Å²) < 4.78 is 0. The van der Waals surface area contributed by atoms with Crippen LogP contribution in [0.3, 0.4) is 0 Å². The molecule has 0 spiro atoms. The van der Waals surface area contributed by atoms with Crippen molar-refractivity contribution in [2.45, 2.75) is 295 Å². The molecule has 0 aromatic rings. The van der Waals surface area contributed by atoms with Crippen LogP contribution < -0.4 is 5.32 Å². The number of amides is 1. The second-order valence-corrected chi connectivity index (χ2v) is 17.0. The van der Waals surface area contributed by atoms with E-state index in [2.05, 4.69) is 19.2 Å². The lowest BCUT2D eigenvalue weighted by Crippen LogP contribution is -2.49. The molecule has 53 heavy (non-hydrogen) atoms. The van der Waals surface area contributed by atoms with Gasteiger partial charge in [-0.05, 0) is 12.8 Å². The monoisotopic (exact) mass is 752 g/mol. The fraction of sp³-hybridized carbons (Fsp3) is 0.979. The summed E-state index contributed by atoms with van der Waals surface area (Å²) in [4.78, 5) is 12.5. The normalized spacial score (nSPS) is 13.4. The number of unbranched alkanes of at least 4 members (excludes halogenated alkanes) is 37. The van der Waals surface area contributed by atoms with E-state index in [-0.39, 0.29) is 6.61 Å². The zero-order valence-corrected chi connectivity index (χ0v) is 36.2. The zero-order chi connectivity index (χ0) is 38.7. The molecule has 0 heterocycles. The molecule has 0 aliphatic carbocycles. The molecule has 0 radical (unpaired) electrons. The lowest BCUT2D eigenvalue weighted by molar-refractivity contribution is -0.131. The molecule has 0 aliphatic rings. The predicted molar refractivity (Wildman–Crippen MR) is 232 cm³/mol. The van der Waals surface area contributed by atoms with Crippen molar-refractivity contribution in [3.05, 3.63) is 0 Å². The molecule has 0 saturated heterocycles. The van der Waals surface area contributed by atoms with Gasteiger partial charge in [0, 0.05) is 0 Å². The molecule has 3 unspecified atom stereocenters. The Balaban J connectivity index is 3.48. The van der Waals surface area contributed by atoms with Crippen LogP contribution in [0.25, 0.3) is 0 Å². The maximum Gasteiger partial charge on any atom is 0.249 e. The number of aliphatic hydroxyl groups excluding tert-OH is 3. The van der Waals surface area contributed by atoms with E-state index < -0.39 is 24.2 Å². The Kier molecular flexibility index (Phi) is 43.5. The van der Waals surface area contributed by atoms with Crippen LogP contribution >= 0.6 is 0 Å². The summed E-state index contributed by atoms with van der Waals surface area (Å²) in [5.74, 6) is -0.465. The Morgan fingerprint density at radius 1 is 0.377 bits per heavy atom. The van der Waals surface area contributed by atoms with Crippen molar-refractivity contribution in [1.82, 2.24) is 5.32 Å². The summed E-state index contributed by atoms with van der Waals surface area (Å²) in [6.45, 7) is 4.25. The molecule has 5 heteroatoms. The lowest BCUT2D eigenvalue weighted by atomic mass is 10.0. The van der Waals surface area contributed by atoms with Gasteiger partial charge in [-0.25, -0.2) is 0 Å². The molecule has 0 bridgehead atoms. The number of carbonyl (C=O) groups is 1. The first-order chi connectivity index (χ1) is 26.1. The molecular formula is C48H97NO4. The summed E-state index contributed by atoms with van der Waals surface area (Å²) in [5.41, 5.74) is 0. The molecule has 0 aromatic heterocycles. The number of nitrogens with one attached hydrogen (secondary N) is 1. The standard InChI is InChI=1S/C48H97NO4/c1-3-5-7-9-11-13-15-17-18-19-20-21-22-23-24-25-26-27-28-29-30-31-33-35-37-39-41-43-47(52)48(53)49-45(44-50)46(51)42-40-38-36-34-32-16-14-12-10-8-6-4-2/h45-47,50-52H,3-44H2,1-2H3,(H,49,53). The Bertz CT molecular complexity index is 703. The third-order valence-corrected chi connectivity index (χ3v) is 11.7. The molecule has 0 aliphatic heterocycles. The first-order valence-corrected chi connectivity index (χ1v) is 24.3. The van der Waals surface area contributed by atoms with Gasteiger partial charge in [0.2, 0.25) is 5.91 Å². The van der Waals surface area contributed by atoms with Gasteiger partial charge in [0.25, 0.3) is 0 Å². The minimum Gasteiger partial charge on any atom is -0.394 e. The summed E-state index contributed by atoms with van der Waals surface area (Å²) in [5, 5.41) is 33.3. The molecule has 4 N–H and O–H groups in total. The van der Waals surface area contributed by atoms with Gasteiger partial charge in [-0.15, -0.1) is 0 Å². The molecule has 0 rings (SSSR count). The maximum absolute atomic E-state index is 12.5. The van der Waals surface area contributed by atoms with Crippen LogP contribution in [-0.4, -0.2) is 46.1 Å².